The summed E-state index contributed by atoms with van der Waals surface area (Å²) in [5, 5.41) is 3.47. The van der Waals surface area contributed by atoms with Crippen LogP contribution in [0.1, 0.15) is 69.8 Å². The van der Waals surface area contributed by atoms with Crippen molar-refractivity contribution in [3.8, 4) is 0 Å². The summed E-state index contributed by atoms with van der Waals surface area (Å²) >= 11 is 2.38. The first-order chi connectivity index (χ1) is 10.1. The Labute approximate surface area is 140 Å². The third kappa shape index (κ3) is 3.04. The zero-order valence-corrected chi connectivity index (χ0v) is 15.2. The molecule has 0 radical (unpaired) electrons. The van der Waals surface area contributed by atoms with E-state index in [1.54, 1.807) is 0 Å². The van der Waals surface area contributed by atoms with Crippen molar-refractivity contribution in [2.24, 2.45) is 0 Å². The molecule has 21 heavy (non-hydrogen) atoms. The molecule has 116 valence electrons. The summed E-state index contributed by atoms with van der Waals surface area (Å²) in [4.78, 5) is 9.75. The van der Waals surface area contributed by atoms with Gasteiger partial charge in [-0.25, -0.2) is 9.97 Å². The highest BCUT2D eigenvalue weighted by atomic mass is 127. The van der Waals surface area contributed by atoms with E-state index >= 15 is 0 Å². The van der Waals surface area contributed by atoms with Crippen LogP contribution in [-0.4, -0.2) is 28.7 Å². The fourth-order valence-corrected chi connectivity index (χ4v) is 4.36. The zero-order valence-electron chi connectivity index (χ0n) is 13.0. The number of rotatable bonds is 5. The summed E-state index contributed by atoms with van der Waals surface area (Å²) in [7, 11) is 0. The van der Waals surface area contributed by atoms with Gasteiger partial charge in [-0.2, -0.15) is 0 Å². The Bertz CT molecular complexity index is 520. The van der Waals surface area contributed by atoms with Gasteiger partial charge < -0.3 is 10.1 Å². The molecular weight excluding hydrogens is 377 g/mol. The topological polar surface area (TPSA) is 47.0 Å². The average Bonchev–Trinajstić information content (AvgIpc) is 3.08. The van der Waals surface area contributed by atoms with E-state index in [2.05, 4.69) is 48.7 Å². The first-order valence-electron chi connectivity index (χ1n) is 8.06. The fraction of sp³-hybridized carbons (Fsp3) is 0.750. The molecule has 2 fully saturated rings. The van der Waals surface area contributed by atoms with E-state index in [1.807, 2.05) is 0 Å². The molecule has 0 spiro atoms. The molecule has 5 heteroatoms. The molecule has 0 saturated carbocycles. The molecule has 2 aliphatic rings. The van der Waals surface area contributed by atoms with E-state index in [9.17, 15) is 0 Å². The van der Waals surface area contributed by atoms with Crippen molar-refractivity contribution in [1.82, 2.24) is 9.97 Å². The summed E-state index contributed by atoms with van der Waals surface area (Å²) in [5.41, 5.74) is 1.17. The van der Waals surface area contributed by atoms with E-state index in [0.717, 1.165) is 31.0 Å². The maximum absolute atomic E-state index is 5.99. The minimum atomic E-state index is 0.342. The quantitative estimate of drug-likeness (QED) is 0.756. The Hall–Kier alpha value is -0.430. The van der Waals surface area contributed by atoms with Crippen LogP contribution in [-0.2, 0) is 4.74 Å². The Morgan fingerprint density at radius 3 is 2.71 bits per heavy atom. The highest BCUT2D eigenvalue weighted by Crippen LogP contribution is 2.44. The second kappa shape index (κ2) is 6.36. The third-order valence-corrected chi connectivity index (χ3v) is 5.48. The Morgan fingerprint density at radius 2 is 2.14 bits per heavy atom. The second-order valence-corrected chi connectivity index (χ2v) is 7.51. The van der Waals surface area contributed by atoms with Crippen LogP contribution in [0.5, 0.6) is 0 Å². The van der Waals surface area contributed by atoms with E-state index in [4.69, 9.17) is 14.7 Å². The van der Waals surface area contributed by atoms with E-state index in [1.165, 1.54) is 22.1 Å². The average molecular weight is 401 g/mol. The van der Waals surface area contributed by atoms with Crippen LogP contribution in [0.25, 0.3) is 0 Å². The van der Waals surface area contributed by atoms with Gasteiger partial charge in [0.2, 0.25) is 0 Å². The Morgan fingerprint density at radius 1 is 1.33 bits per heavy atom. The van der Waals surface area contributed by atoms with Gasteiger partial charge in [-0.1, -0.05) is 20.8 Å². The van der Waals surface area contributed by atoms with Gasteiger partial charge in [-0.3, -0.25) is 0 Å². The predicted molar refractivity (Wildman–Crippen MR) is 92.9 cm³/mol. The van der Waals surface area contributed by atoms with Crippen LogP contribution in [0.3, 0.4) is 0 Å². The van der Waals surface area contributed by atoms with Crippen LogP contribution in [0.2, 0.25) is 0 Å². The number of hydrogen-bond donors (Lipinski definition) is 1. The molecule has 0 amide bonds. The standard InChI is InChI=1S/C16H24IN3O/c1-4-7-18-16-13(17)14(9(2)3)19-15(20-16)11-8-10-5-6-12(11)21-10/h9-12H,4-8H2,1-3H3,(H,18,19,20). The smallest absolute Gasteiger partial charge is 0.143 e. The van der Waals surface area contributed by atoms with Crippen molar-refractivity contribution in [2.75, 3.05) is 11.9 Å². The molecule has 1 aromatic heterocycles. The second-order valence-electron chi connectivity index (χ2n) is 6.43. The lowest BCUT2D eigenvalue weighted by molar-refractivity contribution is 0.0998. The molecule has 0 aromatic carbocycles. The number of ether oxygens (including phenoxy) is 1. The van der Waals surface area contributed by atoms with Crippen molar-refractivity contribution in [2.45, 2.75) is 70.5 Å². The lowest BCUT2D eigenvalue weighted by Crippen LogP contribution is -2.20. The van der Waals surface area contributed by atoms with E-state index < -0.39 is 0 Å². The lowest BCUT2D eigenvalue weighted by atomic mass is 9.88. The van der Waals surface area contributed by atoms with Crippen molar-refractivity contribution in [3.05, 3.63) is 15.1 Å². The largest absolute Gasteiger partial charge is 0.374 e. The first kappa shape index (κ1) is 15.5. The fourth-order valence-electron chi connectivity index (χ4n) is 3.30. The molecule has 3 heterocycles. The molecule has 3 atom stereocenters. The van der Waals surface area contributed by atoms with Crippen LogP contribution >= 0.6 is 22.6 Å². The van der Waals surface area contributed by atoms with E-state index in [-0.39, 0.29) is 0 Å². The normalized spacial score (nSPS) is 27.6. The first-order valence-corrected chi connectivity index (χ1v) is 9.14. The predicted octanol–water partition coefficient (Wildman–Crippen LogP) is 4.06. The van der Waals surface area contributed by atoms with Gasteiger partial charge >= 0.3 is 0 Å². The van der Waals surface area contributed by atoms with Crippen molar-refractivity contribution in [1.29, 1.82) is 0 Å². The molecule has 2 bridgehead atoms. The maximum Gasteiger partial charge on any atom is 0.143 e. The van der Waals surface area contributed by atoms with Gasteiger partial charge in [-0.05, 0) is 54.2 Å². The molecule has 3 unspecified atom stereocenters. The van der Waals surface area contributed by atoms with Gasteiger partial charge in [-0.15, -0.1) is 0 Å². The number of halogens is 1. The number of nitrogens with zero attached hydrogens (tertiary/aromatic N) is 2. The third-order valence-electron chi connectivity index (χ3n) is 4.42. The van der Waals surface area contributed by atoms with Gasteiger partial charge in [0.25, 0.3) is 0 Å². The molecule has 1 aromatic rings. The summed E-state index contributed by atoms with van der Waals surface area (Å²) < 4.78 is 7.16. The SMILES string of the molecule is CCCNc1nc(C2CC3CCC2O3)nc(C(C)C)c1I. The summed E-state index contributed by atoms with van der Waals surface area (Å²) in [6.07, 6.45) is 5.36. The number of anilines is 1. The molecule has 2 saturated heterocycles. The Kier molecular flexibility index (Phi) is 4.69. The van der Waals surface area contributed by atoms with Gasteiger partial charge in [0.15, 0.2) is 0 Å². The van der Waals surface area contributed by atoms with Gasteiger partial charge in [0, 0.05) is 12.5 Å². The molecular formula is C16H24IN3O. The molecule has 2 aliphatic heterocycles. The minimum absolute atomic E-state index is 0.342. The zero-order chi connectivity index (χ0) is 15.0. The van der Waals surface area contributed by atoms with Crippen LogP contribution < -0.4 is 5.32 Å². The number of hydrogen-bond acceptors (Lipinski definition) is 4. The van der Waals surface area contributed by atoms with Crippen LogP contribution in [0.15, 0.2) is 0 Å². The van der Waals surface area contributed by atoms with Crippen molar-refractivity contribution >= 4 is 28.4 Å². The highest BCUT2D eigenvalue weighted by molar-refractivity contribution is 14.1. The Balaban J connectivity index is 1.94. The monoisotopic (exact) mass is 401 g/mol. The van der Waals surface area contributed by atoms with Crippen molar-refractivity contribution in [3.63, 3.8) is 0 Å². The number of nitrogens with one attached hydrogen (secondary N) is 1. The maximum atomic E-state index is 5.99. The van der Waals surface area contributed by atoms with Crippen LogP contribution in [0.4, 0.5) is 5.82 Å². The van der Waals surface area contributed by atoms with Crippen LogP contribution in [0, 0.1) is 3.57 Å². The number of aromatic nitrogens is 2. The summed E-state index contributed by atoms with van der Waals surface area (Å²) in [6.45, 7) is 7.54. The lowest BCUT2D eigenvalue weighted by Gasteiger charge is -2.21. The molecule has 3 rings (SSSR count). The molecule has 0 aliphatic carbocycles. The summed E-state index contributed by atoms with van der Waals surface area (Å²) in [6, 6.07) is 0. The van der Waals surface area contributed by atoms with Crippen molar-refractivity contribution < 1.29 is 4.74 Å². The molecule has 4 nitrogen and oxygen atoms in total. The number of fused-ring (bicyclic) bond motifs is 2. The van der Waals surface area contributed by atoms with Gasteiger partial charge in [0.05, 0.1) is 21.5 Å². The summed E-state index contributed by atoms with van der Waals surface area (Å²) in [5.74, 6) is 2.81. The highest BCUT2D eigenvalue weighted by Gasteiger charge is 2.43. The van der Waals surface area contributed by atoms with E-state index in [0.29, 0.717) is 24.0 Å². The minimum Gasteiger partial charge on any atom is -0.374 e. The molecule has 1 N–H and O–H groups in total. The van der Waals surface area contributed by atoms with Gasteiger partial charge in [0.1, 0.15) is 11.6 Å².